The molecule has 1 atom stereocenters. The molecule has 1 rings (SSSR count). The van der Waals surface area contributed by atoms with Gasteiger partial charge in [0.1, 0.15) is 5.60 Å². The van der Waals surface area contributed by atoms with Gasteiger partial charge in [0, 0.05) is 13.0 Å². The molecular formula is C14H25NO4. The number of hydrogen-bond acceptors (Lipinski definition) is 4. The van der Waals surface area contributed by atoms with Crippen LogP contribution >= 0.6 is 0 Å². The third-order valence-electron chi connectivity index (χ3n) is 3.12. The number of amides is 1. The SMILES string of the molecule is CC(C)(C)OC(=O)CCC(=O)N1CCCCC1CO. The molecule has 1 unspecified atom stereocenters. The van der Waals surface area contributed by atoms with Gasteiger partial charge in [-0.3, -0.25) is 9.59 Å². The molecule has 0 aromatic heterocycles. The van der Waals surface area contributed by atoms with Crippen molar-refractivity contribution in [1.82, 2.24) is 4.90 Å². The summed E-state index contributed by atoms with van der Waals surface area (Å²) in [5.74, 6) is -0.414. The van der Waals surface area contributed by atoms with E-state index in [2.05, 4.69) is 0 Å². The maximum Gasteiger partial charge on any atom is 0.306 e. The van der Waals surface area contributed by atoms with E-state index in [-0.39, 0.29) is 37.4 Å². The Balaban J connectivity index is 2.39. The molecule has 1 heterocycles. The Hall–Kier alpha value is -1.10. The van der Waals surface area contributed by atoms with Crippen LogP contribution in [0.5, 0.6) is 0 Å². The summed E-state index contributed by atoms with van der Waals surface area (Å²) in [5, 5.41) is 9.26. The zero-order valence-corrected chi connectivity index (χ0v) is 12.1. The molecule has 5 heteroatoms. The van der Waals surface area contributed by atoms with Crippen molar-refractivity contribution in [3.8, 4) is 0 Å². The van der Waals surface area contributed by atoms with E-state index >= 15 is 0 Å². The van der Waals surface area contributed by atoms with Crippen molar-refractivity contribution < 1.29 is 19.4 Å². The zero-order chi connectivity index (χ0) is 14.5. The molecule has 0 saturated carbocycles. The smallest absolute Gasteiger partial charge is 0.306 e. The van der Waals surface area contributed by atoms with Crippen LogP contribution in [-0.4, -0.2) is 46.7 Å². The minimum absolute atomic E-state index is 0.00181. The van der Waals surface area contributed by atoms with Gasteiger partial charge in [-0.25, -0.2) is 0 Å². The van der Waals surface area contributed by atoms with Gasteiger partial charge in [0.2, 0.25) is 5.91 Å². The van der Waals surface area contributed by atoms with Gasteiger partial charge in [-0.2, -0.15) is 0 Å². The number of aliphatic hydroxyl groups is 1. The monoisotopic (exact) mass is 271 g/mol. The Morgan fingerprint density at radius 2 is 1.95 bits per heavy atom. The third kappa shape index (κ3) is 5.59. The second-order valence-corrected chi connectivity index (χ2v) is 6.01. The van der Waals surface area contributed by atoms with Gasteiger partial charge in [0.15, 0.2) is 0 Å². The summed E-state index contributed by atoms with van der Waals surface area (Å²) >= 11 is 0. The van der Waals surface area contributed by atoms with Gasteiger partial charge in [0.05, 0.1) is 19.1 Å². The van der Waals surface area contributed by atoms with E-state index in [1.54, 1.807) is 25.7 Å². The van der Waals surface area contributed by atoms with Crippen LogP contribution in [0, 0.1) is 0 Å². The van der Waals surface area contributed by atoms with Crippen LogP contribution in [0.3, 0.4) is 0 Å². The van der Waals surface area contributed by atoms with Crippen molar-refractivity contribution in [2.45, 2.75) is 64.5 Å². The van der Waals surface area contributed by atoms with Crippen LogP contribution < -0.4 is 0 Å². The highest BCUT2D eigenvalue weighted by molar-refractivity contribution is 5.81. The first kappa shape index (κ1) is 16.0. The van der Waals surface area contributed by atoms with Gasteiger partial charge < -0.3 is 14.7 Å². The standard InChI is InChI=1S/C14H25NO4/c1-14(2,3)19-13(18)8-7-12(17)15-9-5-4-6-11(15)10-16/h11,16H,4-10H2,1-3H3. The largest absolute Gasteiger partial charge is 0.460 e. The van der Waals surface area contributed by atoms with Crippen LogP contribution in [0.15, 0.2) is 0 Å². The second-order valence-electron chi connectivity index (χ2n) is 6.01. The predicted octanol–water partition coefficient (Wildman–Crippen LogP) is 1.48. The number of rotatable bonds is 4. The Bertz CT molecular complexity index is 322. The van der Waals surface area contributed by atoms with Crippen molar-refractivity contribution in [3.05, 3.63) is 0 Å². The number of nitrogens with zero attached hydrogens (tertiary/aromatic N) is 1. The lowest BCUT2D eigenvalue weighted by molar-refractivity contribution is -0.156. The Morgan fingerprint density at radius 1 is 1.26 bits per heavy atom. The van der Waals surface area contributed by atoms with E-state index in [9.17, 15) is 14.7 Å². The topological polar surface area (TPSA) is 66.8 Å². The summed E-state index contributed by atoms with van der Waals surface area (Å²) < 4.78 is 5.17. The first-order chi connectivity index (χ1) is 8.83. The highest BCUT2D eigenvalue weighted by atomic mass is 16.6. The molecule has 1 N–H and O–H groups in total. The minimum Gasteiger partial charge on any atom is -0.460 e. The molecule has 0 bridgehead atoms. The summed E-state index contributed by atoms with van der Waals surface area (Å²) in [6.07, 6.45) is 3.11. The van der Waals surface area contributed by atoms with Crippen molar-refractivity contribution in [3.63, 3.8) is 0 Å². The lowest BCUT2D eigenvalue weighted by atomic mass is 10.0. The molecule has 0 aromatic carbocycles. The average molecular weight is 271 g/mol. The van der Waals surface area contributed by atoms with Gasteiger partial charge in [-0.1, -0.05) is 0 Å². The fourth-order valence-corrected chi connectivity index (χ4v) is 2.26. The number of aliphatic hydroxyl groups excluding tert-OH is 1. The van der Waals surface area contributed by atoms with E-state index < -0.39 is 5.60 Å². The molecule has 1 fully saturated rings. The predicted molar refractivity (Wildman–Crippen MR) is 71.5 cm³/mol. The molecule has 0 radical (unpaired) electrons. The molecule has 1 aliphatic rings. The van der Waals surface area contributed by atoms with Crippen LogP contribution in [0.2, 0.25) is 0 Å². The molecule has 19 heavy (non-hydrogen) atoms. The molecule has 0 aromatic rings. The number of piperidine rings is 1. The Kier molecular flexibility index (Phi) is 5.79. The fraction of sp³-hybridized carbons (Fsp3) is 0.857. The number of esters is 1. The van der Waals surface area contributed by atoms with Crippen LogP contribution in [0.1, 0.15) is 52.9 Å². The number of likely N-dealkylation sites (tertiary alicyclic amines) is 1. The molecule has 5 nitrogen and oxygen atoms in total. The number of ether oxygens (including phenoxy) is 1. The molecule has 0 spiro atoms. The maximum atomic E-state index is 12.0. The van der Waals surface area contributed by atoms with E-state index in [1.165, 1.54) is 0 Å². The molecular weight excluding hydrogens is 246 g/mol. The van der Waals surface area contributed by atoms with Gasteiger partial charge in [-0.15, -0.1) is 0 Å². The molecule has 1 saturated heterocycles. The van der Waals surface area contributed by atoms with E-state index in [1.807, 2.05) is 0 Å². The first-order valence-corrected chi connectivity index (χ1v) is 6.95. The second kappa shape index (κ2) is 6.89. The summed E-state index contributed by atoms with van der Waals surface area (Å²) in [6, 6.07) is -0.0834. The average Bonchev–Trinajstić information content (AvgIpc) is 2.33. The minimum atomic E-state index is -0.515. The van der Waals surface area contributed by atoms with Crippen LogP contribution in [-0.2, 0) is 14.3 Å². The lowest BCUT2D eigenvalue weighted by Gasteiger charge is -2.34. The fourth-order valence-electron chi connectivity index (χ4n) is 2.26. The normalized spacial score (nSPS) is 20.2. The maximum absolute atomic E-state index is 12.0. The number of hydrogen-bond donors (Lipinski definition) is 1. The van der Waals surface area contributed by atoms with Crippen molar-refractivity contribution in [2.75, 3.05) is 13.2 Å². The highest BCUT2D eigenvalue weighted by Crippen LogP contribution is 2.18. The van der Waals surface area contributed by atoms with Crippen molar-refractivity contribution in [2.24, 2.45) is 0 Å². The van der Waals surface area contributed by atoms with Crippen LogP contribution in [0.4, 0.5) is 0 Å². The number of carbonyl (C=O) groups is 2. The van der Waals surface area contributed by atoms with Gasteiger partial charge in [0.25, 0.3) is 0 Å². The Labute approximate surface area is 114 Å². The van der Waals surface area contributed by atoms with E-state index in [4.69, 9.17) is 4.74 Å². The summed E-state index contributed by atoms with van der Waals surface area (Å²) in [5.41, 5.74) is -0.515. The molecule has 0 aliphatic carbocycles. The highest BCUT2D eigenvalue weighted by Gasteiger charge is 2.26. The Morgan fingerprint density at radius 3 is 2.53 bits per heavy atom. The molecule has 1 amide bonds. The first-order valence-electron chi connectivity index (χ1n) is 6.95. The molecule has 110 valence electrons. The van der Waals surface area contributed by atoms with Crippen molar-refractivity contribution in [1.29, 1.82) is 0 Å². The number of carbonyl (C=O) groups excluding carboxylic acids is 2. The quantitative estimate of drug-likeness (QED) is 0.787. The summed E-state index contributed by atoms with van der Waals surface area (Å²) in [4.78, 5) is 25.3. The lowest BCUT2D eigenvalue weighted by Crippen LogP contribution is -2.45. The summed E-state index contributed by atoms with van der Waals surface area (Å²) in [6.45, 7) is 6.09. The molecule has 1 aliphatic heterocycles. The third-order valence-corrected chi connectivity index (χ3v) is 3.12. The van der Waals surface area contributed by atoms with E-state index in [0.29, 0.717) is 6.54 Å². The van der Waals surface area contributed by atoms with Crippen LogP contribution in [0.25, 0.3) is 0 Å². The van der Waals surface area contributed by atoms with E-state index in [0.717, 1.165) is 19.3 Å². The van der Waals surface area contributed by atoms with Gasteiger partial charge in [-0.05, 0) is 40.0 Å². The van der Waals surface area contributed by atoms with Crippen molar-refractivity contribution >= 4 is 11.9 Å². The summed E-state index contributed by atoms with van der Waals surface area (Å²) in [7, 11) is 0. The zero-order valence-electron chi connectivity index (χ0n) is 12.1. The van der Waals surface area contributed by atoms with Gasteiger partial charge >= 0.3 is 5.97 Å².